The zero-order valence-electron chi connectivity index (χ0n) is 11.1. The molecule has 0 heterocycles. The van der Waals surface area contributed by atoms with E-state index >= 15 is 0 Å². The largest absolute Gasteiger partial charge is 0.507 e. The van der Waals surface area contributed by atoms with Gasteiger partial charge in [0.2, 0.25) is 0 Å². The Hall–Kier alpha value is -1.85. The van der Waals surface area contributed by atoms with E-state index in [2.05, 4.69) is 26.5 Å². The van der Waals surface area contributed by atoms with E-state index in [0.29, 0.717) is 16.1 Å². The number of hydrogen-bond donors (Lipinski definition) is 2. The van der Waals surface area contributed by atoms with Crippen molar-refractivity contribution >= 4 is 39.7 Å². The van der Waals surface area contributed by atoms with Gasteiger partial charge in [0.15, 0.2) is 0 Å². The standard InChI is InChI=1S/C15H12BrClN2O2/c1-9-6-12(16)7-11(14(9)20)8-18-19-15(21)10-2-4-13(17)5-3-10/h2-8,20H,1H3,(H,19,21)/b18-8-. The van der Waals surface area contributed by atoms with Crippen molar-refractivity contribution in [3.05, 3.63) is 62.6 Å². The smallest absolute Gasteiger partial charge is 0.271 e. The summed E-state index contributed by atoms with van der Waals surface area (Å²) in [6.45, 7) is 1.78. The molecule has 2 N–H and O–H groups in total. The molecule has 0 aliphatic carbocycles. The predicted octanol–water partition coefficient (Wildman–Crippen LogP) is 3.88. The molecule has 0 aliphatic rings. The van der Waals surface area contributed by atoms with Gasteiger partial charge in [-0.2, -0.15) is 5.10 Å². The lowest BCUT2D eigenvalue weighted by molar-refractivity contribution is 0.0955. The molecule has 0 unspecified atom stereocenters. The van der Waals surface area contributed by atoms with E-state index in [9.17, 15) is 9.90 Å². The highest BCUT2D eigenvalue weighted by molar-refractivity contribution is 9.10. The fourth-order valence-corrected chi connectivity index (χ4v) is 2.40. The summed E-state index contributed by atoms with van der Waals surface area (Å²) in [5, 5.41) is 14.3. The van der Waals surface area contributed by atoms with Crippen LogP contribution in [-0.2, 0) is 0 Å². The Balaban J connectivity index is 2.09. The van der Waals surface area contributed by atoms with Gasteiger partial charge in [-0.15, -0.1) is 0 Å². The van der Waals surface area contributed by atoms with E-state index < -0.39 is 0 Å². The van der Waals surface area contributed by atoms with E-state index in [-0.39, 0.29) is 11.7 Å². The number of halogens is 2. The maximum atomic E-state index is 11.8. The van der Waals surface area contributed by atoms with Crippen molar-refractivity contribution in [3.8, 4) is 5.75 Å². The molecule has 0 saturated heterocycles. The van der Waals surface area contributed by atoms with Crippen LogP contribution < -0.4 is 5.43 Å². The van der Waals surface area contributed by atoms with Crippen LogP contribution in [0.2, 0.25) is 5.02 Å². The number of rotatable bonds is 3. The summed E-state index contributed by atoms with van der Waals surface area (Å²) in [5.74, 6) is -0.225. The maximum Gasteiger partial charge on any atom is 0.271 e. The molecule has 0 aromatic heterocycles. The van der Waals surface area contributed by atoms with Crippen LogP contribution in [0, 0.1) is 6.92 Å². The van der Waals surface area contributed by atoms with Gasteiger partial charge in [0.25, 0.3) is 5.91 Å². The molecular weight excluding hydrogens is 356 g/mol. The summed E-state index contributed by atoms with van der Waals surface area (Å²) in [5.41, 5.74) is 4.07. The number of aromatic hydroxyl groups is 1. The van der Waals surface area contributed by atoms with Crippen molar-refractivity contribution in [2.24, 2.45) is 5.10 Å². The van der Waals surface area contributed by atoms with Crippen LogP contribution in [-0.4, -0.2) is 17.2 Å². The third-order valence-corrected chi connectivity index (χ3v) is 3.48. The summed E-state index contributed by atoms with van der Waals surface area (Å²) < 4.78 is 0.822. The quantitative estimate of drug-likeness (QED) is 0.639. The lowest BCUT2D eigenvalue weighted by Gasteiger charge is -2.04. The van der Waals surface area contributed by atoms with Crippen LogP contribution in [0.3, 0.4) is 0 Å². The molecule has 4 nitrogen and oxygen atoms in total. The molecule has 0 aliphatic heterocycles. The Bertz CT molecular complexity index is 700. The fraction of sp³-hybridized carbons (Fsp3) is 0.0667. The minimum Gasteiger partial charge on any atom is -0.507 e. The van der Waals surface area contributed by atoms with Gasteiger partial charge in [-0.1, -0.05) is 27.5 Å². The van der Waals surface area contributed by atoms with Gasteiger partial charge >= 0.3 is 0 Å². The Labute approximate surface area is 135 Å². The summed E-state index contributed by atoms with van der Waals surface area (Å²) >= 11 is 9.09. The van der Waals surface area contributed by atoms with E-state index in [0.717, 1.165) is 10.0 Å². The third kappa shape index (κ3) is 4.06. The number of phenolic OH excluding ortho intramolecular Hbond substituents is 1. The zero-order chi connectivity index (χ0) is 15.4. The van der Waals surface area contributed by atoms with Crippen LogP contribution in [0.15, 0.2) is 46.0 Å². The Kier molecular flexibility index (Phi) is 4.98. The fourth-order valence-electron chi connectivity index (χ4n) is 1.69. The van der Waals surface area contributed by atoms with Crippen LogP contribution in [0.5, 0.6) is 5.75 Å². The summed E-state index contributed by atoms with van der Waals surface area (Å²) in [4.78, 5) is 11.8. The first-order valence-electron chi connectivity index (χ1n) is 6.05. The van der Waals surface area contributed by atoms with E-state index in [1.165, 1.54) is 6.21 Å². The molecule has 0 bridgehead atoms. The third-order valence-electron chi connectivity index (χ3n) is 2.77. The number of nitrogens with zero attached hydrogens (tertiary/aromatic N) is 1. The number of benzene rings is 2. The van der Waals surface area contributed by atoms with Crippen LogP contribution in [0.25, 0.3) is 0 Å². The minimum absolute atomic E-state index is 0.127. The normalized spacial score (nSPS) is 10.8. The Morgan fingerprint density at radius 2 is 2.00 bits per heavy atom. The second kappa shape index (κ2) is 6.74. The second-order valence-electron chi connectivity index (χ2n) is 4.37. The average molecular weight is 368 g/mol. The Morgan fingerprint density at radius 1 is 1.33 bits per heavy atom. The molecule has 108 valence electrons. The lowest BCUT2D eigenvalue weighted by Crippen LogP contribution is -2.17. The maximum absolute atomic E-state index is 11.8. The van der Waals surface area contributed by atoms with Crippen LogP contribution in [0.1, 0.15) is 21.5 Å². The number of hydrazone groups is 1. The number of amides is 1. The average Bonchev–Trinajstić information content (AvgIpc) is 2.44. The molecule has 0 saturated carbocycles. The molecule has 0 radical (unpaired) electrons. The highest BCUT2D eigenvalue weighted by atomic mass is 79.9. The SMILES string of the molecule is Cc1cc(Br)cc(/C=N\NC(=O)c2ccc(Cl)cc2)c1O. The van der Waals surface area contributed by atoms with Gasteiger partial charge < -0.3 is 5.11 Å². The highest BCUT2D eigenvalue weighted by Gasteiger charge is 2.05. The molecule has 2 rings (SSSR count). The number of carbonyl (C=O) groups is 1. The van der Waals surface area contributed by atoms with Crippen LogP contribution in [0.4, 0.5) is 0 Å². The molecule has 2 aromatic carbocycles. The molecular formula is C15H12BrClN2O2. The number of carbonyl (C=O) groups excluding carboxylic acids is 1. The summed E-state index contributed by atoms with van der Waals surface area (Å²) in [6.07, 6.45) is 1.39. The molecule has 0 atom stereocenters. The number of hydrogen-bond acceptors (Lipinski definition) is 3. The highest BCUT2D eigenvalue weighted by Crippen LogP contribution is 2.25. The molecule has 0 fully saturated rings. The van der Waals surface area contributed by atoms with Gasteiger partial charge in [-0.25, -0.2) is 5.43 Å². The first kappa shape index (κ1) is 15.5. The lowest BCUT2D eigenvalue weighted by atomic mass is 10.1. The van der Waals surface area contributed by atoms with E-state index in [4.69, 9.17) is 11.6 Å². The van der Waals surface area contributed by atoms with Crippen molar-refractivity contribution in [2.45, 2.75) is 6.92 Å². The van der Waals surface area contributed by atoms with Crippen molar-refractivity contribution in [2.75, 3.05) is 0 Å². The van der Waals surface area contributed by atoms with E-state index in [1.807, 2.05) is 0 Å². The first-order chi connectivity index (χ1) is 9.97. The molecule has 6 heteroatoms. The van der Waals surface area contributed by atoms with Crippen molar-refractivity contribution in [3.63, 3.8) is 0 Å². The van der Waals surface area contributed by atoms with Gasteiger partial charge in [0, 0.05) is 20.6 Å². The van der Waals surface area contributed by atoms with Crippen molar-refractivity contribution in [1.82, 2.24) is 5.43 Å². The zero-order valence-corrected chi connectivity index (χ0v) is 13.4. The number of phenols is 1. The van der Waals surface area contributed by atoms with Gasteiger partial charge in [0.1, 0.15) is 5.75 Å². The summed E-state index contributed by atoms with van der Waals surface area (Å²) in [7, 11) is 0. The van der Waals surface area contributed by atoms with Gasteiger partial charge in [-0.05, 0) is 48.9 Å². The molecule has 1 amide bonds. The monoisotopic (exact) mass is 366 g/mol. The van der Waals surface area contributed by atoms with Crippen molar-refractivity contribution in [1.29, 1.82) is 0 Å². The second-order valence-corrected chi connectivity index (χ2v) is 5.72. The number of nitrogens with one attached hydrogen (secondary N) is 1. The predicted molar refractivity (Wildman–Crippen MR) is 87.1 cm³/mol. The number of aryl methyl sites for hydroxylation is 1. The summed E-state index contributed by atoms with van der Waals surface area (Å²) in [6, 6.07) is 9.97. The van der Waals surface area contributed by atoms with Gasteiger partial charge in [-0.3, -0.25) is 4.79 Å². The van der Waals surface area contributed by atoms with E-state index in [1.54, 1.807) is 43.3 Å². The van der Waals surface area contributed by atoms with Gasteiger partial charge in [0.05, 0.1) is 6.21 Å². The molecule has 2 aromatic rings. The van der Waals surface area contributed by atoms with Crippen molar-refractivity contribution < 1.29 is 9.90 Å². The Morgan fingerprint density at radius 3 is 2.67 bits per heavy atom. The topological polar surface area (TPSA) is 61.7 Å². The molecule has 0 spiro atoms. The first-order valence-corrected chi connectivity index (χ1v) is 7.22. The minimum atomic E-state index is -0.353. The molecule has 21 heavy (non-hydrogen) atoms. The van der Waals surface area contributed by atoms with Crippen LogP contribution >= 0.6 is 27.5 Å².